The van der Waals surface area contributed by atoms with E-state index in [1.54, 1.807) is 0 Å². The monoisotopic (exact) mass is 269 g/mol. The summed E-state index contributed by atoms with van der Waals surface area (Å²) in [7, 11) is 0. The molecule has 1 aromatic rings. The van der Waals surface area contributed by atoms with Crippen molar-refractivity contribution >= 4 is 11.5 Å². The summed E-state index contributed by atoms with van der Waals surface area (Å²) < 4.78 is 66.1. The molecule has 100 valence electrons. The van der Waals surface area contributed by atoms with Gasteiger partial charge in [0.2, 0.25) is 0 Å². The maximum atomic E-state index is 12.7. The third kappa shape index (κ3) is 2.88. The molecule has 1 rings (SSSR count). The number of halogens is 5. The lowest BCUT2D eigenvalue weighted by atomic mass is 10.0. The van der Waals surface area contributed by atoms with E-state index in [0.717, 1.165) is 19.1 Å². The van der Waals surface area contributed by atoms with Crippen LogP contribution in [0, 0.1) is 0 Å². The quantitative estimate of drug-likeness (QED) is 0.521. The molecule has 1 aromatic carbocycles. The maximum absolute atomic E-state index is 12.7. The van der Waals surface area contributed by atoms with Crippen LogP contribution in [0.25, 0.3) is 0 Å². The molecule has 0 spiro atoms. The van der Waals surface area contributed by atoms with Crippen molar-refractivity contribution < 1.29 is 31.5 Å². The highest BCUT2D eigenvalue weighted by molar-refractivity contribution is 5.98. The second kappa shape index (κ2) is 4.79. The van der Waals surface area contributed by atoms with E-state index in [0.29, 0.717) is 0 Å². The van der Waals surface area contributed by atoms with Crippen LogP contribution < -0.4 is 10.5 Å². The highest BCUT2D eigenvalue weighted by atomic mass is 19.4. The van der Waals surface area contributed by atoms with E-state index in [2.05, 4.69) is 4.74 Å². The van der Waals surface area contributed by atoms with Crippen LogP contribution >= 0.6 is 0 Å². The third-order valence-corrected chi connectivity index (χ3v) is 2.06. The van der Waals surface area contributed by atoms with E-state index in [-0.39, 0.29) is 0 Å². The molecular formula is C10H8F5NO2. The summed E-state index contributed by atoms with van der Waals surface area (Å²) in [5.74, 6) is -2.08. The molecule has 0 atom stereocenters. The number of hydrogen-bond acceptors (Lipinski definition) is 3. The van der Waals surface area contributed by atoms with Crippen LogP contribution in [-0.4, -0.2) is 12.4 Å². The molecule has 2 N–H and O–H groups in total. The number of hydrogen-bond donors (Lipinski definition) is 1. The lowest BCUT2D eigenvalue weighted by Gasteiger charge is -2.17. The minimum atomic E-state index is -5.00. The smallest absolute Gasteiger partial charge is 0.421 e. The largest absolute Gasteiger partial charge is 0.433 e. The Morgan fingerprint density at radius 1 is 1.33 bits per heavy atom. The van der Waals surface area contributed by atoms with E-state index in [4.69, 9.17) is 5.73 Å². The summed E-state index contributed by atoms with van der Waals surface area (Å²) in [4.78, 5) is 11.1. The summed E-state index contributed by atoms with van der Waals surface area (Å²) in [5.41, 5.74) is 2.13. The van der Waals surface area contributed by atoms with Crippen LogP contribution in [0.4, 0.5) is 27.6 Å². The predicted molar refractivity (Wildman–Crippen MR) is 52.5 cm³/mol. The highest BCUT2D eigenvalue weighted by Crippen LogP contribution is 2.42. The van der Waals surface area contributed by atoms with Crippen LogP contribution in [0.2, 0.25) is 0 Å². The minimum Gasteiger partial charge on any atom is -0.433 e. The molecule has 0 fully saturated rings. The zero-order valence-electron chi connectivity index (χ0n) is 9.02. The van der Waals surface area contributed by atoms with Gasteiger partial charge in [-0.15, -0.1) is 0 Å². The molecular weight excluding hydrogens is 261 g/mol. The topological polar surface area (TPSA) is 52.3 Å². The van der Waals surface area contributed by atoms with Crippen molar-refractivity contribution in [3.63, 3.8) is 0 Å². The number of nitrogen functional groups attached to an aromatic ring is 1. The Morgan fingerprint density at radius 3 is 2.28 bits per heavy atom. The van der Waals surface area contributed by atoms with Crippen LogP contribution in [0.5, 0.6) is 5.75 Å². The second-order valence-electron chi connectivity index (χ2n) is 3.34. The van der Waals surface area contributed by atoms with Crippen LogP contribution in [-0.2, 0) is 6.18 Å². The Balaban J connectivity index is 3.55. The van der Waals surface area contributed by atoms with Crippen molar-refractivity contribution in [2.24, 2.45) is 0 Å². The Bertz CT molecular complexity index is 470. The van der Waals surface area contributed by atoms with Crippen molar-refractivity contribution in [2.45, 2.75) is 19.7 Å². The van der Waals surface area contributed by atoms with E-state index >= 15 is 0 Å². The van der Waals surface area contributed by atoms with Gasteiger partial charge in [-0.1, -0.05) is 0 Å². The fourth-order valence-electron chi connectivity index (χ4n) is 1.38. The maximum Gasteiger partial charge on any atom is 0.421 e. The molecule has 18 heavy (non-hydrogen) atoms. The summed E-state index contributed by atoms with van der Waals surface area (Å²) in [5, 5.41) is 0. The number of alkyl halides is 5. The van der Waals surface area contributed by atoms with Gasteiger partial charge in [0.05, 0.1) is 5.56 Å². The van der Waals surface area contributed by atoms with Gasteiger partial charge < -0.3 is 10.5 Å². The van der Waals surface area contributed by atoms with Gasteiger partial charge in [0.25, 0.3) is 0 Å². The van der Waals surface area contributed by atoms with Gasteiger partial charge in [-0.3, -0.25) is 4.79 Å². The number of ketones is 1. The first kappa shape index (κ1) is 14.2. The Morgan fingerprint density at radius 2 is 1.89 bits per heavy atom. The molecule has 0 aliphatic carbocycles. The van der Waals surface area contributed by atoms with Crippen molar-refractivity contribution in [1.82, 2.24) is 0 Å². The lowest BCUT2D eigenvalue weighted by molar-refractivity contribution is -0.141. The molecule has 0 saturated carbocycles. The Hall–Kier alpha value is -1.86. The SMILES string of the molecule is CC(=O)c1ccc(N)c(C(F)(F)F)c1OC(F)F. The molecule has 0 unspecified atom stereocenters. The Labute approximate surface area is 98.3 Å². The van der Waals surface area contributed by atoms with Crippen molar-refractivity contribution in [1.29, 1.82) is 0 Å². The van der Waals surface area contributed by atoms with Crippen molar-refractivity contribution in [3.8, 4) is 5.75 Å². The average Bonchev–Trinajstić information content (AvgIpc) is 2.13. The Kier molecular flexibility index (Phi) is 3.78. The molecule has 0 aliphatic heterocycles. The van der Waals surface area contributed by atoms with Crippen LogP contribution in [0.15, 0.2) is 12.1 Å². The van der Waals surface area contributed by atoms with Crippen molar-refractivity contribution in [2.75, 3.05) is 5.73 Å². The zero-order valence-corrected chi connectivity index (χ0v) is 9.02. The van der Waals surface area contributed by atoms with E-state index in [1.807, 2.05) is 0 Å². The number of Topliss-reactive ketones (excluding diaryl/α,β-unsaturated/α-hetero) is 1. The van der Waals surface area contributed by atoms with E-state index < -0.39 is 41.1 Å². The standard InChI is InChI=1S/C10H8F5NO2/c1-4(17)5-2-3-6(16)7(10(13,14)15)8(5)18-9(11)12/h2-3,9H,16H2,1H3. The lowest BCUT2D eigenvalue weighted by Crippen LogP contribution is -2.16. The van der Waals surface area contributed by atoms with Gasteiger partial charge >= 0.3 is 12.8 Å². The van der Waals surface area contributed by atoms with Gasteiger partial charge in [0, 0.05) is 5.69 Å². The number of anilines is 1. The molecule has 0 aliphatic rings. The average molecular weight is 269 g/mol. The number of benzene rings is 1. The first-order chi connectivity index (χ1) is 8.14. The molecule has 3 nitrogen and oxygen atoms in total. The summed E-state index contributed by atoms with van der Waals surface area (Å²) in [6.45, 7) is -2.56. The fourth-order valence-corrected chi connectivity index (χ4v) is 1.38. The van der Waals surface area contributed by atoms with E-state index in [9.17, 15) is 26.7 Å². The number of ether oxygens (including phenoxy) is 1. The molecule has 0 bridgehead atoms. The van der Waals surface area contributed by atoms with Gasteiger partial charge in [0.15, 0.2) is 11.5 Å². The summed E-state index contributed by atoms with van der Waals surface area (Å²) in [6, 6.07) is 1.72. The number of nitrogens with two attached hydrogens (primary N) is 1. The van der Waals surface area contributed by atoms with Gasteiger partial charge in [-0.05, 0) is 19.1 Å². The van der Waals surface area contributed by atoms with Gasteiger partial charge in [-0.25, -0.2) is 0 Å². The number of carbonyl (C=O) groups is 1. The fraction of sp³-hybridized carbons (Fsp3) is 0.300. The van der Waals surface area contributed by atoms with Crippen LogP contribution in [0.1, 0.15) is 22.8 Å². The third-order valence-electron chi connectivity index (χ3n) is 2.06. The summed E-state index contributed by atoms with van der Waals surface area (Å²) >= 11 is 0. The minimum absolute atomic E-state index is 0.600. The molecule has 0 saturated heterocycles. The highest BCUT2D eigenvalue weighted by Gasteiger charge is 2.39. The predicted octanol–water partition coefficient (Wildman–Crippen LogP) is 3.09. The zero-order chi connectivity index (χ0) is 14.1. The number of rotatable bonds is 3. The molecule has 0 amide bonds. The molecule has 0 heterocycles. The normalized spacial score (nSPS) is 11.7. The van der Waals surface area contributed by atoms with E-state index in [1.165, 1.54) is 0 Å². The first-order valence-corrected chi connectivity index (χ1v) is 4.60. The summed E-state index contributed by atoms with van der Waals surface area (Å²) in [6.07, 6.45) is -5.00. The van der Waals surface area contributed by atoms with Gasteiger partial charge in [-0.2, -0.15) is 22.0 Å². The van der Waals surface area contributed by atoms with Gasteiger partial charge in [0.1, 0.15) is 5.56 Å². The molecule has 0 radical (unpaired) electrons. The van der Waals surface area contributed by atoms with Crippen LogP contribution in [0.3, 0.4) is 0 Å². The van der Waals surface area contributed by atoms with Crippen molar-refractivity contribution in [3.05, 3.63) is 23.3 Å². The first-order valence-electron chi connectivity index (χ1n) is 4.60. The molecule has 8 heteroatoms. The second-order valence-corrected chi connectivity index (χ2v) is 3.34. The molecule has 0 aromatic heterocycles. The number of carbonyl (C=O) groups excluding carboxylic acids is 1.